The van der Waals surface area contributed by atoms with Crippen molar-refractivity contribution in [1.82, 2.24) is 10.4 Å². The molecule has 26 heavy (non-hydrogen) atoms. The van der Waals surface area contributed by atoms with Crippen LogP contribution in [0.5, 0.6) is 0 Å². The van der Waals surface area contributed by atoms with Gasteiger partial charge in [-0.2, -0.15) is 0 Å². The number of carbonyl (C=O) groups is 2. The zero-order valence-corrected chi connectivity index (χ0v) is 16.4. The maximum absolute atomic E-state index is 12.9. The molecule has 0 unspecified atom stereocenters. The molecule has 1 N–H and O–H groups in total. The summed E-state index contributed by atoms with van der Waals surface area (Å²) < 4.78 is 0. The Labute approximate surface area is 163 Å². The van der Waals surface area contributed by atoms with Crippen LogP contribution in [0.2, 0.25) is 10.0 Å². The van der Waals surface area contributed by atoms with E-state index in [1.54, 1.807) is 30.3 Å². The minimum absolute atomic E-state index is 0.270. The average molecular weight is 391 g/mol. The topological polar surface area (TPSA) is 49.4 Å². The number of amides is 2. The Balaban J connectivity index is 2.30. The van der Waals surface area contributed by atoms with Crippen molar-refractivity contribution >= 4 is 41.1 Å². The highest BCUT2D eigenvalue weighted by Crippen LogP contribution is 2.21. The molecular weight excluding hydrogens is 371 g/mol. The molecule has 2 amide bonds. The third-order valence-electron chi connectivity index (χ3n) is 3.61. The molecule has 136 valence electrons. The van der Waals surface area contributed by atoms with E-state index >= 15 is 0 Å². The zero-order valence-electron chi connectivity index (χ0n) is 14.8. The maximum atomic E-state index is 12.9. The Kier molecular flexibility index (Phi) is 6.11. The quantitative estimate of drug-likeness (QED) is 0.729. The lowest BCUT2D eigenvalue weighted by Crippen LogP contribution is -2.55. The summed E-state index contributed by atoms with van der Waals surface area (Å²) in [4.78, 5) is 25.5. The van der Waals surface area contributed by atoms with Crippen molar-refractivity contribution in [3.8, 4) is 0 Å². The number of hydrazine groups is 1. The minimum Gasteiger partial charge on any atom is -0.267 e. The van der Waals surface area contributed by atoms with E-state index < -0.39 is 11.4 Å². The molecule has 0 radical (unpaired) electrons. The van der Waals surface area contributed by atoms with Gasteiger partial charge in [-0.25, -0.2) is 5.01 Å². The first-order valence-corrected chi connectivity index (χ1v) is 8.71. The van der Waals surface area contributed by atoms with Gasteiger partial charge in [0.1, 0.15) is 0 Å². The number of nitrogens with zero attached hydrogens (tertiary/aromatic N) is 1. The first-order chi connectivity index (χ1) is 12.1. The zero-order chi connectivity index (χ0) is 19.5. The number of hydrogen-bond acceptors (Lipinski definition) is 2. The molecule has 4 nitrogen and oxygen atoms in total. The molecule has 0 saturated heterocycles. The minimum atomic E-state index is -0.647. The van der Waals surface area contributed by atoms with Gasteiger partial charge < -0.3 is 0 Å². The van der Waals surface area contributed by atoms with Gasteiger partial charge in [0, 0.05) is 21.2 Å². The fourth-order valence-electron chi connectivity index (χ4n) is 2.27. The monoisotopic (exact) mass is 390 g/mol. The SMILES string of the molecule is C=Cc1ccc(C(=O)N(NC(=O)c2cc(Cl)cc(Cl)c2)C(C)(C)C)cc1. The fourth-order valence-corrected chi connectivity index (χ4v) is 2.79. The van der Waals surface area contributed by atoms with Crippen molar-refractivity contribution < 1.29 is 9.59 Å². The molecule has 0 fully saturated rings. The Bertz CT molecular complexity index is 820. The van der Waals surface area contributed by atoms with Crippen molar-refractivity contribution in [2.45, 2.75) is 26.3 Å². The highest BCUT2D eigenvalue weighted by molar-refractivity contribution is 6.35. The van der Waals surface area contributed by atoms with Crippen LogP contribution >= 0.6 is 23.2 Å². The van der Waals surface area contributed by atoms with Gasteiger partial charge in [-0.3, -0.25) is 15.0 Å². The summed E-state index contributed by atoms with van der Waals surface area (Å²) in [5.41, 5.74) is 3.64. The van der Waals surface area contributed by atoms with E-state index in [0.29, 0.717) is 15.6 Å². The Morgan fingerprint density at radius 2 is 1.54 bits per heavy atom. The summed E-state index contributed by atoms with van der Waals surface area (Å²) in [5, 5.41) is 1.99. The van der Waals surface area contributed by atoms with Crippen molar-refractivity contribution in [1.29, 1.82) is 0 Å². The van der Waals surface area contributed by atoms with Crippen molar-refractivity contribution in [2.75, 3.05) is 0 Å². The molecule has 0 spiro atoms. The summed E-state index contributed by atoms with van der Waals surface area (Å²) in [6.07, 6.45) is 1.69. The Morgan fingerprint density at radius 1 is 1.00 bits per heavy atom. The molecule has 0 bridgehead atoms. The number of benzene rings is 2. The summed E-state index contributed by atoms with van der Waals surface area (Å²) in [7, 11) is 0. The summed E-state index contributed by atoms with van der Waals surface area (Å²) in [6, 6.07) is 11.5. The van der Waals surface area contributed by atoms with Crippen LogP contribution in [0.4, 0.5) is 0 Å². The molecule has 0 saturated carbocycles. The van der Waals surface area contributed by atoms with E-state index in [1.165, 1.54) is 23.2 Å². The van der Waals surface area contributed by atoms with Crippen molar-refractivity contribution in [2.24, 2.45) is 0 Å². The Morgan fingerprint density at radius 3 is 2.00 bits per heavy atom. The summed E-state index contributed by atoms with van der Waals surface area (Å²) in [6.45, 7) is 9.18. The molecule has 2 aromatic carbocycles. The van der Waals surface area contributed by atoms with Crippen LogP contribution in [0.1, 0.15) is 47.1 Å². The number of nitrogens with one attached hydrogen (secondary N) is 1. The van der Waals surface area contributed by atoms with Crippen LogP contribution in [-0.4, -0.2) is 22.4 Å². The smallest absolute Gasteiger partial charge is 0.267 e. The second-order valence-corrected chi connectivity index (χ2v) is 7.61. The van der Waals surface area contributed by atoms with Crippen LogP contribution < -0.4 is 5.43 Å². The third-order valence-corrected chi connectivity index (χ3v) is 4.04. The lowest BCUT2D eigenvalue weighted by molar-refractivity contribution is 0.0358. The second kappa shape index (κ2) is 7.94. The van der Waals surface area contributed by atoms with Crippen LogP contribution in [0.3, 0.4) is 0 Å². The fraction of sp³-hybridized carbons (Fsp3) is 0.200. The predicted octanol–water partition coefficient (Wildman–Crippen LogP) is 5.22. The van der Waals surface area contributed by atoms with E-state index in [9.17, 15) is 9.59 Å². The molecule has 0 aliphatic carbocycles. The number of rotatable bonds is 3. The number of halogens is 2. The molecule has 0 aromatic heterocycles. The van der Waals surface area contributed by atoms with Crippen LogP contribution in [0.25, 0.3) is 6.08 Å². The first kappa shape index (κ1) is 20.0. The number of hydrogen-bond donors (Lipinski definition) is 1. The van der Waals surface area contributed by atoms with E-state index in [2.05, 4.69) is 12.0 Å². The number of carbonyl (C=O) groups excluding carboxylic acids is 2. The molecule has 0 atom stereocenters. The first-order valence-electron chi connectivity index (χ1n) is 7.96. The van der Waals surface area contributed by atoms with E-state index in [4.69, 9.17) is 23.2 Å². The molecule has 0 heterocycles. The van der Waals surface area contributed by atoms with Crippen molar-refractivity contribution in [3.05, 3.63) is 75.8 Å². The van der Waals surface area contributed by atoms with Gasteiger partial charge >= 0.3 is 0 Å². The van der Waals surface area contributed by atoms with Gasteiger partial charge in [-0.15, -0.1) is 0 Å². The van der Waals surface area contributed by atoms with Gasteiger partial charge in [0.25, 0.3) is 11.8 Å². The van der Waals surface area contributed by atoms with Crippen LogP contribution in [-0.2, 0) is 0 Å². The lowest BCUT2D eigenvalue weighted by Gasteiger charge is -2.35. The van der Waals surface area contributed by atoms with E-state index in [-0.39, 0.29) is 11.5 Å². The van der Waals surface area contributed by atoms with E-state index in [0.717, 1.165) is 5.56 Å². The average Bonchev–Trinajstić information content (AvgIpc) is 2.57. The third kappa shape index (κ3) is 4.87. The second-order valence-electron chi connectivity index (χ2n) is 6.74. The Hall–Kier alpha value is -2.30. The maximum Gasteiger partial charge on any atom is 0.272 e. The highest BCUT2D eigenvalue weighted by Gasteiger charge is 2.29. The van der Waals surface area contributed by atoms with E-state index in [1.807, 2.05) is 20.8 Å². The van der Waals surface area contributed by atoms with Gasteiger partial charge in [-0.1, -0.05) is 48.0 Å². The summed E-state index contributed by atoms with van der Waals surface area (Å²) >= 11 is 11.9. The molecule has 2 aromatic rings. The molecule has 6 heteroatoms. The lowest BCUT2D eigenvalue weighted by atomic mass is 10.1. The molecular formula is C20H20Cl2N2O2. The summed E-state index contributed by atoms with van der Waals surface area (Å²) in [5.74, 6) is -0.796. The van der Waals surface area contributed by atoms with Crippen LogP contribution in [0, 0.1) is 0 Å². The molecule has 0 aliphatic rings. The van der Waals surface area contributed by atoms with Crippen LogP contribution in [0.15, 0.2) is 49.0 Å². The van der Waals surface area contributed by atoms with Gasteiger partial charge in [0.15, 0.2) is 0 Å². The normalized spacial score (nSPS) is 11.0. The molecule has 0 aliphatic heterocycles. The largest absolute Gasteiger partial charge is 0.272 e. The van der Waals surface area contributed by atoms with Crippen molar-refractivity contribution in [3.63, 3.8) is 0 Å². The van der Waals surface area contributed by atoms with Gasteiger partial charge in [0.2, 0.25) is 0 Å². The standard InChI is InChI=1S/C20H20Cl2N2O2/c1-5-13-6-8-14(9-7-13)19(26)24(20(2,3)4)23-18(25)15-10-16(21)12-17(22)11-15/h5-12H,1H2,2-4H3,(H,23,25). The van der Waals surface area contributed by atoms with Gasteiger partial charge in [0.05, 0.1) is 5.54 Å². The molecule has 2 rings (SSSR count). The highest BCUT2D eigenvalue weighted by atomic mass is 35.5. The predicted molar refractivity (Wildman–Crippen MR) is 106 cm³/mol. The van der Waals surface area contributed by atoms with Gasteiger partial charge in [-0.05, 0) is 56.7 Å².